The van der Waals surface area contributed by atoms with Gasteiger partial charge in [0.25, 0.3) is 0 Å². The predicted octanol–water partition coefficient (Wildman–Crippen LogP) is 2.05. The molecule has 5 nitrogen and oxygen atoms in total. The summed E-state index contributed by atoms with van der Waals surface area (Å²) in [6, 6.07) is 4.01. The molecule has 3 N–H and O–H groups in total. The van der Waals surface area contributed by atoms with Crippen LogP contribution in [-0.2, 0) is 0 Å². The van der Waals surface area contributed by atoms with Crippen LogP contribution in [-0.4, -0.2) is 29.1 Å². The highest BCUT2D eigenvalue weighted by Crippen LogP contribution is 2.26. The van der Waals surface area contributed by atoms with Crippen molar-refractivity contribution in [3.63, 3.8) is 0 Å². The number of oxime groups is 1. The van der Waals surface area contributed by atoms with E-state index in [-0.39, 0.29) is 11.3 Å². The van der Waals surface area contributed by atoms with Crippen molar-refractivity contribution in [1.29, 1.82) is 0 Å². The Morgan fingerprint density at radius 3 is 2.44 bits per heavy atom. The Morgan fingerprint density at radius 1 is 1.44 bits per heavy atom. The molecule has 1 aromatic rings. The van der Waals surface area contributed by atoms with Crippen molar-refractivity contribution in [3.8, 4) is 0 Å². The van der Waals surface area contributed by atoms with Crippen LogP contribution < -0.4 is 10.6 Å². The first-order chi connectivity index (χ1) is 8.27. The molecule has 0 saturated heterocycles. The summed E-state index contributed by atoms with van der Waals surface area (Å²) in [5, 5.41) is 11.5. The molecule has 18 heavy (non-hydrogen) atoms. The number of hydrogen-bond acceptors (Lipinski definition) is 4. The van der Waals surface area contributed by atoms with Crippen LogP contribution in [0, 0.1) is 5.41 Å². The highest BCUT2D eigenvalue weighted by atomic mass is 16.4. The van der Waals surface area contributed by atoms with Crippen LogP contribution in [0.1, 0.15) is 33.3 Å². The zero-order chi connectivity index (χ0) is 13.9. The summed E-state index contributed by atoms with van der Waals surface area (Å²) in [4.78, 5) is 6.46. The van der Waals surface area contributed by atoms with Crippen molar-refractivity contribution in [3.05, 3.63) is 23.9 Å². The third kappa shape index (κ3) is 3.12. The maximum Gasteiger partial charge on any atom is 0.171 e. The van der Waals surface area contributed by atoms with Crippen LogP contribution in [0.3, 0.4) is 0 Å². The lowest BCUT2D eigenvalue weighted by atomic mass is 9.87. The van der Waals surface area contributed by atoms with Gasteiger partial charge in [0.05, 0.1) is 0 Å². The predicted molar refractivity (Wildman–Crippen MR) is 74.1 cm³/mol. The van der Waals surface area contributed by atoms with E-state index in [2.05, 4.69) is 42.7 Å². The van der Waals surface area contributed by atoms with E-state index in [4.69, 9.17) is 10.9 Å². The number of pyridine rings is 1. The first-order valence-corrected chi connectivity index (χ1v) is 5.94. The number of hydrogen-bond donors (Lipinski definition) is 2. The summed E-state index contributed by atoms with van der Waals surface area (Å²) >= 11 is 0. The zero-order valence-corrected chi connectivity index (χ0v) is 11.7. The number of anilines is 1. The minimum Gasteiger partial charge on any atom is -0.409 e. The van der Waals surface area contributed by atoms with Crippen LogP contribution in [0.25, 0.3) is 0 Å². The fourth-order valence-electron chi connectivity index (χ4n) is 1.58. The maximum atomic E-state index is 8.59. The van der Waals surface area contributed by atoms with Crippen molar-refractivity contribution in [2.24, 2.45) is 16.3 Å². The number of rotatable bonds is 3. The van der Waals surface area contributed by atoms with Gasteiger partial charge in [-0.3, -0.25) is 0 Å². The van der Waals surface area contributed by atoms with E-state index in [0.717, 1.165) is 5.82 Å². The van der Waals surface area contributed by atoms with Gasteiger partial charge in [-0.25, -0.2) is 4.98 Å². The van der Waals surface area contributed by atoms with E-state index in [1.807, 2.05) is 13.1 Å². The Labute approximate surface area is 108 Å². The topological polar surface area (TPSA) is 74.7 Å². The number of nitrogens with zero attached hydrogens (tertiary/aromatic N) is 3. The molecule has 0 fully saturated rings. The Kier molecular flexibility index (Phi) is 4.16. The third-order valence-corrected chi connectivity index (χ3v) is 3.35. The molecule has 1 atom stereocenters. The largest absolute Gasteiger partial charge is 0.409 e. The molecule has 0 amide bonds. The number of aromatic nitrogens is 1. The Morgan fingerprint density at radius 2 is 2.06 bits per heavy atom. The molecular weight excluding hydrogens is 228 g/mol. The molecule has 0 spiro atoms. The summed E-state index contributed by atoms with van der Waals surface area (Å²) in [7, 11) is 2.02. The average Bonchev–Trinajstić information content (AvgIpc) is 2.35. The second-order valence-corrected chi connectivity index (χ2v) is 5.54. The Hall–Kier alpha value is -1.78. The van der Waals surface area contributed by atoms with Gasteiger partial charge in [-0.15, -0.1) is 0 Å². The molecule has 0 aromatic carbocycles. The lowest BCUT2D eigenvalue weighted by molar-refractivity contribution is 0.318. The van der Waals surface area contributed by atoms with Gasteiger partial charge < -0.3 is 15.8 Å². The Balaban J connectivity index is 2.92. The van der Waals surface area contributed by atoms with Crippen LogP contribution >= 0.6 is 0 Å². The molecule has 1 aromatic heterocycles. The SMILES string of the molecule is CC(N(C)c1ccc(C(N)=NO)cn1)C(C)(C)C. The normalized spacial score (nSPS) is 14.4. The molecule has 1 heterocycles. The summed E-state index contributed by atoms with van der Waals surface area (Å²) in [6.07, 6.45) is 1.61. The van der Waals surface area contributed by atoms with Crippen LogP contribution in [0.15, 0.2) is 23.5 Å². The Bertz CT molecular complexity index is 420. The lowest BCUT2D eigenvalue weighted by Crippen LogP contribution is -2.39. The summed E-state index contributed by atoms with van der Waals surface area (Å²) in [5.74, 6) is 0.937. The number of nitrogens with two attached hydrogens (primary N) is 1. The molecule has 0 bridgehead atoms. The van der Waals surface area contributed by atoms with Crippen LogP contribution in [0.4, 0.5) is 5.82 Å². The fourth-order valence-corrected chi connectivity index (χ4v) is 1.58. The monoisotopic (exact) mass is 250 g/mol. The van der Waals surface area contributed by atoms with E-state index >= 15 is 0 Å². The highest BCUT2D eigenvalue weighted by molar-refractivity contribution is 5.96. The first-order valence-electron chi connectivity index (χ1n) is 5.94. The molecule has 0 aliphatic rings. The van der Waals surface area contributed by atoms with Gasteiger partial charge in [0, 0.05) is 24.8 Å². The van der Waals surface area contributed by atoms with E-state index in [1.54, 1.807) is 12.3 Å². The zero-order valence-electron chi connectivity index (χ0n) is 11.7. The van der Waals surface area contributed by atoms with Gasteiger partial charge in [0.2, 0.25) is 0 Å². The minimum atomic E-state index is 0.0700. The van der Waals surface area contributed by atoms with Crippen molar-refractivity contribution >= 4 is 11.7 Å². The minimum absolute atomic E-state index is 0.0700. The third-order valence-electron chi connectivity index (χ3n) is 3.35. The summed E-state index contributed by atoms with van der Waals surface area (Å²) in [5.41, 5.74) is 6.27. The van der Waals surface area contributed by atoms with Gasteiger partial charge in [0.1, 0.15) is 5.82 Å². The molecule has 0 radical (unpaired) electrons. The highest BCUT2D eigenvalue weighted by Gasteiger charge is 2.24. The van der Waals surface area contributed by atoms with E-state index in [1.165, 1.54) is 0 Å². The van der Waals surface area contributed by atoms with Crippen molar-refractivity contribution in [2.45, 2.75) is 33.7 Å². The second-order valence-electron chi connectivity index (χ2n) is 5.54. The molecule has 0 aliphatic heterocycles. The van der Waals surface area contributed by atoms with E-state index < -0.39 is 0 Å². The second kappa shape index (κ2) is 5.25. The molecule has 1 rings (SSSR count). The molecule has 0 aliphatic carbocycles. The van der Waals surface area contributed by atoms with Crippen LogP contribution in [0.5, 0.6) is 0 Å². The lowest BCUT2D eigenvalue weighted by Gasteiger charge is -2.36. The number of amidine groups is 1. The van der Waals surface area contributed by atoms with Gasteiger partial charge in [-0.2, -0.15) is 0 Å². The van der Waals surface area contributed by atoms with Gasteiger partial charge in [0.15, 0.2) is 5.84 Å². The summed E-state index contributed by atoms with van der Waals surface area (Å²) in [6.45, 7) is 8.75. The maximum absolute atomic E-state index is 8.59. The van der Waals surface area contributed by atoms with Crippen molar-refractivity contribution in [2.75, 3.05) is 11.9 Å². The van der Waals surface area contributed by atoms with Gasteiger partial charge in [-0.1, -0.05) is 25.9 Å². The van der Waals surface area contributed by atoms with E-state index in [0.29, 0.717) is 11.6 Å². The van der Waals surface area contributed by atoms with E-state index in [9.17, 15) is 0 Å². The average molecular weight is 250 g/mol. The fraction of sp³-hybridized carbons (Fsp3) is 0.538. The molecular formula is C13H22N4O. The first kappa shape index (κ1) is 14.3. The quantitative estimate of drug-likeness (QED) is 0.372. The molecule has 5 heteroatoms. The van der Waals surface area contributed by atoms with Gasteiger partial charge in [-0.05, 0) is 24.5 Å². The molecule has 1 unspecified atom stereocenters. The van der Waals surface area contributed by atoms with Crippen molar-refractivity contribution < 1.29 is 5.21 Å². The standard InChI is InChI=1S/C13H22N4O/c1-9(13(2,3)4)17(5)11-7-6-10(8-15-11)12(14)16-18/h6-9,18H,1-5H3,(H2,14,16). The molecule has 0 saturated carbocycles. The summed E-state index contributed by atoms with van der Waals surface area (Å²) < 4.78 is 0. The van der Waals surface area contributed by atoms with Crippen molar-refractivity contribution in [1.82, 2.24) is 4.98 Å². The smallest absolute Gasteiger partial charge is 0.171 e. The molecule has 100 valence electrons. The van der Waals surface area contributed by atoms with Crippen LogP contribution in [0.2, 0.25) is 0 Å². The van der Waals surface area contributed by atoms with Gasteiger partial charge >= 0.3 is 0 Å².